The van der Waals surface area contributed by atoms with E-state index < -0.39 is 0 Å². The summed E-state index contributed by atoms with van der Waals surface area (Å²) >= 11 is 0. The Bertz CT molecular complexity index is 248. The SMILES string of the molecule is CN(C#N)C(=O)C=CC1CCCN1. The molecule has 1 unspecified atom stereocenters. The van der Waals surface area contributed by atoms with E-state index >= 15 is 0 Å². The molecule has 1 heterocycles. The van der Waals surface area contributed by atoms with Crippen molar-refractivity contribution in [3.8, 4) is 6.19 Å². The summed E-state index contributed by atoms with van der Waals surface area (Å²) < 4.78 is 0. The summed E-state index contributed by atoms with van der Waals surface area (Å²) in [6.07, 6.45) is 7.24. The summed E-state index contributed by atoms with van der Waals surface area (Å²) in [4.78, 5) is 12.1. The highest BCUT2D eigenvalue weighted by Gasteiger charge is 2.11. The van der Waals surface area contributed by atoms with Gasteiger partial charge in [0, 0.05) is 19.2 Å². The van der Waals surface area contributed by atoms with E-state index in [0.29, 0.717) is 6.04 Å². The van der Waals surface area contributed by atoms with Gasteiger partial charge in [-0.1, -0.05) is 6.08 Å². The van der Waals surface area contributed by atoms with E-state index in [4.69, 9.17) is 5.26 Å². The predicted molar refractivity (Wildman–Crippen MR) is 48.5 cm³/mol. The lowest BCUT2D eigenvalue weighted by Gasteiger charge is -2.04. The Kier molecular flexibility index (Phi) is 3.47. The zero-order valence-corrected chi connectivity index (χ0v) is 7.66. The molecule has 0 spiro atoms. The first kappa shape index (κ1) is 9.75. The lowest BCUT2D eigenvalue weighted by Crippen LogP contribution is -2.22. The van der Waals surface area contributed by atoms with Crippen LogP contribution in [0.1, 0.15) is 12.8 Å². The van der Waals surface area contributed by atoms with Crippen LogP contribution >= 0.6 is 0 Å². The minimum absolute atomic E-state index is 0.267. The second kappa shape index (κ2) is 4.63. The fourth-order valence-electron chi connectivity index (χ4n) is 1.24. The van der Waals surface area contributed by atoms with Crippen LogP contribution in [-0.4, -0.2) is 30.4 Å². The summed E-state index contributed by atoms with van der Waals surface area (Å²) in [5.74, 6) is -0.267. The van der Waals surface area contributed by atoms with E-state index in [9.17, 15) is 4.79 Å². The van der Waals surface area contributed by atoms with Crippen molar-refractivity contribution in [2.45, 2.75) is 18.9 Å². The Morgan fingerprint density at radius 1 is 1.77 bits per heavy atom. The Morgan fingerprint density at radius 2 is 2.54 bits per heavy atom. The molecule has 1 fully saturated rings. The molecule has 4 nitrogen and oxygen atoms in total. The van der Waals surface area contributed by atoms with Crippen LogP contribution in [0.3, 0.4) is 0 Å². The van der Waals surface area contributed by atoms with Gasteiger partial charge in [0.2, 0.25) is 0 Å². The van der Waals surface area contributed by atoms with Gasteiger partial charge in [0.1, 0.15) is 0 Å². The fourth-order valence-corrected chi connectivity index (χ4v) is 1.24. The number of amides is 1. The maximum absolute atomic E-state index is 11.1. The Balaban J connectivity index is 2.39. The van der Waals surface area contributed by atoms with Crippen LogP contribution in [0.5, 0.6) is 0 Å². The summed E-state index contributed by atoms with van der Waals surface area (Å²) in [7, 11) is 1.45. The van der Waals surface area contributed by atoms with Crippen molar-refractivity contribution in [1.29, 1.82) is 5.26 Å². The zero-order chi connectivity index (χ0) is 9.68. The molecule has 1 aliphatic heterocycles. The first-order chi connectivity index (χ1) is 6.24. The van der Waals surface area contributed by atoms with E-state index in [1.807, 2.05) is 6.08 Å². The van der Waals surface area contributed by atoms with Crippen molar-refractivity contribution in [2.75, 3.05) is 13.6 Å². The second-order valence-corrected chi connectivity index (χ2v) is 3.06. The highest BCUT2D eigenvalue weighted by atomic mass is 16.2. The van der Waals surface area contributed by atoms with Crippen LogP contribution < -0.4 is 5.32 Å². The maximum atomic E-state index is 11.1. The fraction of sp³-hybridized carbons (Fsp3) is 0.556. The first-order valence-corrected chi connectivity index (χ1v) is 4.33. The smallest absolute Gasteiger partial charge is 0.259 e. The molecule has 1 saturated heterocycles. The molecule has 0 bridgehead atoms. The molecule has 1 aliphatic rings. The highest BCUT2D eigenvalue weighted by molar-refractivity contribution is 5.88. The van der Waals surface area contributed by atoms with Crippen LogP contribution in [0, 0.1) is 11.5 Å². The van der Waals surface area contributed by atoms with E-state index in [0.717, 1.165) is 24.3 Å². The summed E-state index contributed by atoms with van der Waals surface area (Å²) in [6.45, 7) is 1.01. The van der Waals surface area contributed by atoms with E-state index in [2.05, 4.69) is 5.32 Å². The molecule has 0 aliphatic carbocycles. The van der Waals surface area contributed by atoms with Crippen LogP contribution in [0.15, 0.2) is 12.2 Å². The minimum Gasteiger partial charge on any atom is -0.311 e. The highest BCUT2D eigenvalue weighted by Crippen LogP contribution is 2.05. The zero-order valence-electron chi connectivity index (χ0n) is 7.66. The topological polar surface area (TPSA) is 56.1 Å². The van der Waals surface area contributed by atoms with Crippen LogP contribution in [0.2, 0.25) is 0 Å². The molecule has 1 N–H and O–H groups in total. The second-order valence-electron chi connectivity index (χ2n) is 3.06. The number of carbonyl (C=O) groups is 1. The average molecular weight is 179 g/mol. The standard InChI is InChI=1S/C9H13N3O/c1-12(7-10)9(13)5-4-8-3-2-6-11-8/h4-5,8,11H,2-3,6H2,1H3. The predicted octanol–water partition coefficient (Wildman–Crippen LogP) is 0.234. The number of hydrogen-bond acceptors (Lipinski definition) is 3. The molecule has 1 atom stereocenters. The number of hydrogen-bond donors (Lipinski definition) is 1. The first-order valence-electron chi connectivity index (χ1n) is 4.33. The quantitative estimate of drug-likeness (QED) is 0.375. The number of nitriles is 1. The molecule has 0 radical (unpaired) electrons. The molecule has 13 heavy (non-hydrogen) atoms. The molecular weight excluding hydrogens is 166 g/mol. The number of rotatable bonds is 2. The summed E-state index contributed by atoms with van der Waals surface area (Å²) in [6, 6.07) is 0.302. The van der Waals surface area contributed by atoms with Gasteiger partial charge in [-0.2, -0.15) is 5.26 Å². The molecule has 0 saturated carbocycles. The van der Waals surface area contributed by atoms with Gasteiger partial charge in [-0.15, -0.1) is 0 Å². The Morgan fingerprint density at radius 3 is 3.08 bits per heavy atom. The van der Waals surface area contributed by atoms with Crippen molar-refractivity contribution in [1.82, 2.24) is 10.2 Å². The molecule has 4 heteroatoms. The normalized spacial score (nSPS) is 21.7. The molecule has 0 aromatic heterocycles. The summed E-state index contributed by atoms with van der Waals surface area (Å²) in [5, 5.41) is 11.6. The third-order valence-corrected chi connectivity index (χ3v) is 2.05. The number of nitrogens with one attached hydrogen (secondary N) is 1. The van der Waals surface area contributed by atoms with Gasteiger partial charge < -0.3 is 5.32 Å². The van der Waals surface area contributed by atoms with Crippen molar-refractivity contribution < 1.29 is 4.79 Å². The lowest BCUT2D eigenvalue weighted by molar-refractivity contribution is -0.122. The van der Waals surface area contributed by atoms with E-state index in [-0.39, 0.29) is 5.91 Å². The third-order valence-electron chi connectivity index (χ3n) is 2.05. The number of likely N-dealkylation sites (N-methyl/N-ethyl adjacent to an activating group) is 1. The van der Waals surface area contributed by atoms with Crippen LogP contribution in [0.4, 0.5) is 0 Å². The van der Waals surface area contributed by atoms with Gasteiger partial charge >= 0.3 is 0 Å². The van der Waals surface area contributed by atoms with Gasteiger partial charge in [0.05, 0.1) is 0 Å². The van der Waals surface area contributed by atoms with Crippen molar-refractivity contribution in [3.05, 3.63) is 12.2 Å². The van der Waals surface area contributed by atoms with Crippen LogP contribution in [0.25, 0.3) is 0 Å². The van der Waals surface area contributed by atoms with Crippen molar-refractivity contribution in [2.24, 2.45) is 0 Å². The van der Waals surface area contributed by atoms with Gasteiger partial charge in [-0.05, 0) is 19.4 Å². The maximum Gasteiger partial charge on any atom is 0.259 e. The molecular formula is C9H13N3O. The number of carbonyl (C=O) groups excluding carboxylic acids is 1. The number of nitrogens with zero attached hydrogens (tertiary/aromatic N) is 2. The molecule has 70 valence electrons. The van der Waals surface area contributed by atoms with Gasteiger partial charge in [-0.25, -0.2) is 4.90 Å². The van der Waals surface area contributed by atoms with Crippen LogP contribution in [-0.2, 0) is 4.79 Å². The minimum atomic E-state index is -0.267. The van der Waals surface area contributed by atoms with Crippen molar-refractivity contribution >= 4 is 5.91 Å². The Labute approximate surface area is 77.8 Å². The molecule has 1 rings (SSSR count). The monoisotopic (exact) mass is 179 g/mol. The molecule has 0 aromatic rings. The summed E-state index contributed by atoms with van der Waals surface area (Å²) in [5.41, 5.74) is 0. The lowest BCUT2D eigenvalue weighted by atomic mass is 10.2. The van der Waals surface area contributed by atoms with Gasteiger partial charge in [0.15, 0.2) is 6.19 Å². The third kappa shape index (κ3) is 2.88. The molecule has 1 amide bonds. The van der Waals surface area contributed by atoms with E-state index in [1.54, 1.807) is 6.19 Å². The van der Waals surface area contributed by atoms with Gasteiger partial charge in [0.25, 0.3) is 5.91 Å². The Hall–Kier alpha value is -1.34. The van der Waals surface area contributed by atoms with Crippen molar-refractivity contribution in [3.63, 3.8) is 0 Å². The largest absolute Gasteiger partial charge is 0.311 e. The molecule has 0 aromatic carbocycles. The van der Waals surface area contributed by atoms with Gasteiger partial charge in [-0.3, -0.25) is 4.79 Å². The van der Waals surface area contributed by atoms with E-state index in [1.165, 1.54) is 13.1 Å². The average Bonchev–Trinajstić information content (AvgIpc) is 2.65.